The average Bonchev–Trinajstić information content (AvgIpc) is 3.65. The summed E-state index contributed by atoms with van der Waals surface area (Å²) in [5, 5.41) is 21.3. The molecule has 6 aliphatic carbocycles. The molecule has 2 bridgehead atoms. The van der Waals surface area contributed by atoms with Crippen LogP contribution in [-0.4, -0.2) is 59.7 Å². The lowest BCUT2D eigenvalue weighted by atomic mass is 9.49. The lowest BCUT2D eigenvalue weighted by molar-refractivity contribution is -0.0910. The van der Waals surface area contributed by atoms with Crippen LogP contribution in [0.5, 0.6) is 11.5 Å². The van der Waals surface area contributed by atoms with Crippen molar-refractivity contribution in [3.05, 3.63) is 47.6 Å². The maximum absolute atomic E-state index is 10.7. The Kier molecular flexibility index (Phi) is 7.50. The fraction of sp³-hybridized carbons (Fsp3) is 0.744. The maximum Gasteiger partial charge on any atom is 0.165 e. The predicted octanol–water partition coefficient (Wildman–Crippen LogP) is 6.84. The van der Waals surface area contributed by atoms with E-state index < -0.39 is 6.10 Å². The van der Waals surface area contributed by atoms with Gasteiger partial charge in [0.1, 0.15) is 12.2 Å². The number of aliphatic hydroxyl groups is 2. The van der Waals surface area contributed by atoms with Crippen molar-refractivity contribution in [3.8, 4) is 11.5 Å². The summed E-state index contributed by atoms with van der Waals surface area (Å²) < 4.78 is 12.2. The summed E-state index contributed by atoms with van der Waals surface area (Å²) in [4.78, 5) is 2.48. The van der Waals surface area contributed by atoms with Gasteiger partial charge >= 0.3 is 0 Å². The van der Waals surface area contributed by atoms with Crippen LogP contribution in [0, 0.1) is 40.9 Å². The Labute approximate surface area is 265 Å². The van der Waals surface area contributed by atoms with Gasteiger partial charge < -0.3 is 24.6 Å². The van der Waals surface area contributed by atoms with E-state index in [1.807, 2.05) is 19.1 Å². The second-order valence-electron chi connectivity index (χ2n) is 15.8. The van der Waals surface area contributed by atoms with E-state index in [9.17, 15) is 10.2 Å². The number of piperidine rings is 1. The summed E-state index contributed by atoms with van der Waals surface area (Å²) in [6.07, 6.45) is 24.0. The third-order valence-electron chi connectivity index (χ3n) is 14.3. The van der Waals surface area contributed by atoms with Crippen molar-refractivity contribution in [3.63, 3.8) is 0 Å². The van der Waals surface area contributed by atoms with Crippen LogP contribution in [0.4, 0.5) is 0 Å². The summed E-state index contributed by atoms with van der Waals surface area (Å²) in [6, 6.07) is 4.75. The van der Waals surface area contributed by atoms with Crippen LogP contribution >= 0.6 is 0 Å². The molecule has 1 saturated heterocycles. The summed E-state index contributed by atoms with van der Waals surface area (Å²) in [5.74, 6) is 6.89. The minimum atomic E-state index is -0.539. The zero-order valence-electron chi connectivity index (χ0n) is 27.3. The third-order valence-corrected chi connectivity index (χ3v) is 14.3. The first-order valence-electron chi connectivity index (χ1n) is 18.3. The first kappa shape index (κ1) is 29.6. The third kappa shape index (κ3) is 4.13. The second kappa shape index (κ2) is 11.2. The molecule has 1 aromatic carbocycles. The molecule has 9 rings (SSSR count). The van der Waals surface area contributed by atoms with Gasteiger partial charge in [0.2, 0.25) is 0 Å². The van der Waals surface area contributed by atoms with Gasteiger partial charge in [-0.3, -0.25) is 0 Å². The molecular formula is C39H55NO4. The zero-order chi connectivity index (χ0) is 30.2. The number of nitrogens with zero attached hydrogens (tertiary/aromatic N) is 1. The van der Waals surface area contributed by atoms with Crippen molar-refractivity contribution >= 4 is 0 Å². The number of likely N-dealkylation sites (tertiary alicyclic amines) is 1. The van der Waals surface area contributed by atoms with Crippen LogP contribution in [0.25, 0.3) is 0 Å². The number of likely N-dealkylation sites (N-methyl/N-ethyl adjacent to an activating group) is 1. The van der Waals surface area contributed by atoms with E-state index in [4.69, 9.17) is 9.47 Å². The molecule has 4 fully saturated rings. The van der Waals surface area contributed by atoms with E-state index in [0.29, 0.717) is 18.6 Å². The molecule has 3 saturated carbocycles. The van der Waals surface area contributed by atoms with Crippen LogP contribution in [0.2, 0.25) is 0 Å². The van der Waals surface area contributed by atoms with E-state index in [1.54, 1.807) is 0 Å². The summed E-state index contributed by atoms with van der Waals surface area (Å²) in [5.41, 5.74) is 2.77. The number of rotatable bonds is 4. The normalized spacial score (nSPS) is 44.7. The first-order valence-corrected chi connectivity index (χ1v) is 18.3. The van der Waals surface area contributed by atoms with Crippen molar-refractivity contribution in [2.45, 2.75) is 121 Å². The SMILES string of the molecule is CCC(O)[C@@]12C=CC[C@H]1[C@@H]1CCC3CCCC[C@@H]3[C@H]1CC2.CCOc1ccc2c3c1O[C@H]1[C@@H](O)C=C[C@H]4[C@@H](C2)N(C)CC[C@@]341. The van der Waals surface area contributed by atoms with E-state index in [0.717, 1.165) is 66.9 Å². The Morgan fingerprint density at radius 1 is 1.02 bits per heavy atom. The monoisotopic (exact) mass is 601 g/mol. The highest BCUT2D eigenvalue weighted by Gasteiger charge is 2.64. The molecule has 1 spiro atoms. The lowest BCUT2D eigenvalue weighted by Crippen LogP contribution is -2.64. The fourth-order valence-electron chi connectivity index (χ4n) is 12.5. The van der Waals surface area contributed by atoms with Crippen LogP contribution in [0.3, 0.4) is 0 Å². The quantitative estimate of drug-likeness (QED) is 0.370. The molecule has 8 aliphatic rings. The molecule has 0 aromatic heterocycles. The number of benzene rings is 1. The summed E-state index contributed by atoms with van der Waals surface area (Å²) in [7, 11) is 2.22. The molecule has 1 aromatic rings. The maximum atomic E-state index is 10.7. The van der Waals surface area contributed by atoms with Crippen molar-refractivity contribution in [2.75, 3.05) is 20.2 Å². The molecule has 44 heavy (non-hydrogen) atoms. The molecule has 2 unspecified atom stereocenters. The second-order valence-corrected chi connectivity index (χ2v) is 15.8. The summed E-state index contributed by atoms with van der Waals surface area (Å²) >= 11 is 0. The largest absolute Gasteiger partial charge is 0.490 e. The van der Waals surface area contributed by atoms with Crippen LogP contribution < -0.4 is 9.47 Å². The van der Waals surface area contributed by atoms with E-state index in [-0.39, 0.29) is 23.0 Å². The Morgan fingerprint density at radius 2 is 1.89 bits per heavy atom. The molecule has 0 amide bonds. The standard InChI is InChI=1S/C20H32O.C19H23NO3/c1-2-19(21)20-12-5-8-18(20)17-10-9-14-6-3-4-7-15(14)16(17)11-13-20;1-3-22-15-7-4-11-10-13-12-5-6-14(21)18-19(12,8-9-20(13)2)16(11)17(15)23-18/h5,12,14-19,21H,2-4,6-11,13H2,1H3;4-7,12-14,18,21H,3,8-10H2,1-2H3/t14?,15-,16+,17+,18-,19?,20+;12-,13+,14-,18-,19-/m00/s1. The van der Waals surface area contributed by atoms with Crippen molar-refractivity contribution < 1.29 is 19.7 Å². The van der Waals surface area contributed by atoms with Gasteiger partial charge in [-0.2, -0.15) is 0 Å². The van der Waals surface area contributed by atoms with Crippen molar-refractivity contribution in [1.82, 2.24) is 4.90 Å². The Hall–Kier alpha value is -1.82. The Bertz CT molecular complexity index is 1310. The number of fused-ring (bicyclic) bond motifs is 5. The number of aliphatic hydroxyl groups excluding tert-OH is 2. The highest BCUT2D eigenvalue weighted by Crippen LogP contribution is 2.63. The highest BCUT2D eigenvalue weighted by molar-refractivity contribution is 5.62. The van der Waals surface area contributed by atoms with Gasteiger partial charge in [-0.15, -0.1) is 0 Å². The zero-order valence-corrected chi connectivity index (χ0v) is 27.3. The fourth-order valence-corrected chi connectivity index (χ4v) is 12.5. The molecule has 2 aliphatic heterocycles. The molecular weight excluding hydrogens is 546 g/mol. The van der Waals surface area contributed by atoms with Crippen LogP contribution in [0.1, 0.15) is 95.6 Å². The number of allylic oxidation sites excluding steroid dienone is 1. The minimum absolute atomic E-state index is 0.0820. The highest BCUT2D eigenvalue weighted by atomic mass is 16.5. The molecule has 5 nitrogen and oxygen atoms in total. The van der Waals surface area contributed by atoms with Crippen LogP contribution in [-0.2, 0) is 11.8 Å². The molecule has 2 heterocycles. The van der Waals surface area contributed by atoms with Gasteiger partial charge in [0, 0.05) is 28.4 Å². The predicted molar refractivity (Wildman–Crippen MR) is 174 cm³/mol. The van der Waals surface area contributed by atoms with E-state index in [1.165, 1.54) is 68.9 Å². The molecule has 12 atom stereocenters. The van der Waals surface area contributed by atoms with Gasteiger partial charge in [0.15, 0.2) is 11.5 Å². The average molecular weight is 602 g/mol. The molecule has 0 radical (unpaired) electrons. The number of hydrogen-bond acceptors (Lipinski definition) is 5. The van der Waals surface area contributed by atoms with Crippen molar-refractivity contribution in [2.24, 2.45) is 40.9 Å². The minimum Gasteiger partial charge on any atom is -0.490 e. The van der Waals surface area contributed by atoms with E-state index in [2.05, 4.69) is 43.2 Å². The number of ether oxygens (including phenoxy) is 2. The topological polar surface area (TPSA) is 62.2 Å². The smallest absolute Gasteiger partial charge is 0.165 e. The number of hydrogen-bond donors (Lipinski definition) is 2. The lowest BCUT2D eigenvalue weighted by Gasteiger charge is -2.56. The first-order chi connectivity index (χ1) is 21.4. The van der Waals surface area contributed by atoms with Gasteiger partial charge in [-0.1, -0.05) is 56.6 Å². The van der Waals surface area contributed by atoms with Gasteiger partial charge in [0.05, 0.1) is 12.7 Å². The van der Waals surface area contributed by atoms with Crippen molar-refractivity contribution in [1.29, 1.82) is 0 Å². The summed E-state index contributed by atoms with van der Waals surface area (Å²) in [6.45, 7) is 5.84. The Morgan fingerprint density at radius 3 is 2.73 bits per heavy atom. The van der Waals surface area contributed by atoms with Gasteiger partial charge in [-0.25, -0.2) is 0 Å². The molecule has 2 N–H and O–H groups in total. The Balaban J connectivity index is 0.000000132. The molecule has 5 heteroatoms. The van der Waals surface area contributed by atoms with Gasteiger partial charge in [-0.05, 0) is 120 Å². The van der Waals surface area contributed by atoms with E-state index >= 15 is 0 Å². The van der Waals surface area contributed by atoms with Crippen LogP contribution in [0.15, 0.2) is 36.4 Å². The molecule has 240 valence electrons. The van der Waals surface area contributed by atoms with Gasteiger partial charge in [0.25, 0.3) is 0 Å².